The van der Waals surface area contributed by atoms with Crippen molar-refractivity contribution in [3.63, 3.8) is 0 Å². The number of benzene rings is 2. The number of hydrogen-bond donors (Lipinski definition) is 1. The number of rotatable bonds is 5. The second-order valence-corrected chi connectivity index (χ2v) is 7.02. The van der Waals surface area contributed by atoms with Gasteiger partial charge in [0.15, 0.2) is 0 Å². The lowest BCUT2D eigenvalue weighted by Crippen LogP contribution is -2.36. The highest BCUT2D eigenvalue weighted by Crippen LogP contribution is 2.26. The number of carbonyl (C=O) groups excluding carboxylic acids is 1. The highest BCUT2D eigenvalue weighted by atomic mass is 79.9. The van der Waals surface area contributed by atoms with Gasteiger partial charge in [-0.3, -0.25) is 4.79 Å². The molecule has 1 aliphatic rings. The fraction of sp³-hybridized carbons (Fsp3) is 0.238. The summed E-state index contributed by atoms with van der Waals surface area (Å²) in [5.41, 5.74) is 2.47. The van der Waals surface area contributed by atoms with Crippen LogP contribution in [0.3, 0.4) is 0 Å². The molecule has 144 valence electrons. The first kappa shape index (κ1) is 19.9. The van der Waals surface area contributed by atoms with E-state index in [-0.39, 0.29) is 5.57 Å². The van der Waals surface area contributed by atoms with Gasteiger partial charge in [0, 0.05) is 24.5 Å². The average molecular weight is 442 g/mol. The summed E-state index contributed by atoms with van der Waals surface area (Å²) < 4.78 is 11.3. The highest BCUT2D eigenvalue weighted by Gasteiger charge is 2.13. The van der Waals surface area contributed by atoms with Gasteiger partial charge >= 0.3 is 0 Å². The number of methoxy groups -OCH3 is 1. The Labute approximate surface area is 172 Å². The van der Waals surface area contributed by atoms with Crippen LogP contribution in [-0.4, -0.2) is 39.3 Å². The number of halogens is 1. The van der Waals surface area contributed by atoms with E-state index in [4.69, 9.17) is 9.47 Å². The summed E-state index contributed by atoms with van der Waals surface area (Å²) in [6.45, 7) is 3.14. The van der Waals surface area contributed by atoms with E-state index in [0.29, 0.717) is 11.4 Å². The van der Waals surface area contributed by atoms with Gasteiger partial charge in [0.05, 0.1) is 24.8 Å². The van der Waals surface area contributed by atoms with Crippen LogP contribution in [0.2, 0.25) is 0 Å². The van der Waals surface area contributed by atoms with Crippen molar-refractivity contribution >= 4 is 39.3 Å². The van der Waals surface area contributed by atoms with E-state index < -0.39 is 5.91 Å². The summed E-state index contributed by atoms with van der Waals surface area (Å²) in [6, 6.07) is 14.9. The van der Waals surface area contributed by atoms with Gasteiger partial charge < -0.3 is 19.7 Å². The van der Waals surface area contributed by atoms with E-state index in [9.17, 15) is 10.1 Å². The van der Waals surface area contributed by atoms with Gasteiger partial charge in [-0.15, -0.1) is 0 Å². The first-order valence-corrected chi connectivity index (χ1v) is 9.59. The van der Waals surface area contributed by atoms with E-state index in [1.807, 2.05) is 30.3 Å². The minimum atomic E-state index is -0.450. The first-order chi connectivity index (χ1) is 13.6. The molecule has 0 bridgehead atoms. The quantitative estimate of drug-likeness (QED) is 0.563. The van der Waals surface area contributed by atoms with Crippen molar-refractivity contribution in [2.75, 3.05) is 43.6 Å². The number of morpholine rings is 1. The molecule has 0 saturated carbocycles. The maximum Gasteiger partial charge on any atom is 0.266 e. The molecule has 2 aromatic carbocycles. The molecule has 1 aliphatic heterocycles. The molecule has 1 N–H and O–H groups in total. The van der Waals surface area contributed by atoms with Gasteiger partial charge in [0.2, 0.25) is 0 Å². The summed E-state index contributed by atoms with van der Waals surface area (Å²) >= 11 is 3.40. The lowest BCUT2D eigenvalue weighted by Gasteiger charge is -2.28. The van der Waals surface area contributed by atoms with Crippen molar-refractivity contribution < 1.29 is 14.3 Å². The van der Waals surface area contributed by atoms with Crippen molar-refractivity contribution in [3.8, 4) is 11.8 Å². The number of nitriles is 1. The Balaban J connectivity index is 1.70. The smallest absolute Gasteiger partial charge is 0.266 e. The molecule has 7 heteroatoms. The number of anilines is 2. The van der Waals surface area contributed by atoms with Gasteiger partial charge in [-0.1, -0.05) is 6.07 Å². The number of amides is 1. The van der Waals surface area contributed by atoms with Crippen LogP contribution in [0.25, 0.3) is 6.08 Å². The van der Waals surface area contributed by atoms with Crippen molar-refractivity contribution in [2.45, 2.75) is 0 Å². The third kappa shape index (κ3) is 4.91. The van der Waals surface area contributed by atoms with E-state index >= 15 is 0 Å². The van der Waals surface area contributed by atoms with E-state index in [1.165, 1.54) is 0 Å². The molecule has 1 amide bonds. The Bertz CT molecular complexity index is 913. The summed E-state index contributed by atoms with van der Waals surface area (Å²) in [6.07, 6.45) is 1.54. The first-order valence-electron chi connectivity index (χ1n) is 8.80. The molecule has 0 unspecified atom stereocenters. The molecule has 1 heterocycles. The van der Waals surface area contributed by atoms with Gasteiger partial charge in [-0.25, -0.2) is 0 Å². The average Bonchev–Trinajstić information content (AvgIpc) is 2.73. The molecule has 1 saturated heterocycles. The van der Waals surface area contributed by atoms with Crippen molar-refractivity contribution in [2.24, 2.45) is 0 Å². The Morgan fingerprint density at radius 2 is 1.96 bits per heavy atom. The third-order valence-electron chi connectivity index (χ3n) is 4.35. The molecule has 0 aromatic heterocycles. The molecule has 1 fully saturated rings. The van der Waals surface area contributed by atoms with Crippen LogP contribution in [-0.2, 0) is 9.53 Å². The Kier molecular flexibility index (Phi) is 6.69. The van der Waals surface area contributed by atoms with Crippen LogP contribution in [0, 0.1) is 11.3 Å². The molecule has 2 aromatic rings. The predicted molar refractivity (Wildman–Crippen MR) is 112 cm³/mol. The van der Waals surface area contributed by atoms with Gasteiger partial charge in [-0.2, -0.15) is 5.26 Å². The van der Waals surface area contributed by atoms with Crippen LogP contribution in [0.1, 0.15) is 5.56 Å². The van der Waals surface area contributed by atoms with Crippen molar-refractivity contribution in [3.05, 3.63) is 58.1 Å². The van der Waals surface area contributed by atoms with Crippen LogP contribution in [0.5, 0.6) is 5.75 Å². The number of nitrogens with one attached hydrogen (secondary N) is 1. The largest absolute Gasteiger partial charge is 0.496 e. The molecule has 0 atom stereocenters. The van der Waals surface area contributed by atoms with E-state index in [1.54, 1.807) is 31.4 Å². The Morgan fingerprint density at radius 1 is 1.25 bits per heavy atom. The Hall–Kier alpha value is -2.82. The van der Waals surface area contributed by atoms with Crippen LogP contribution >= 0.6 is 15.9 Å². The highest BCUT2D eigenvalue weighted by molar-refractivity contribution is 9.10. The molecular formula is C21H20BrN3O3. The monoisotopic (exact) mass is 441 g/mol. The molecule has 3 rings (SSSR count). The molecule has 28 heavy (non-hydrogen) atoms. The second-order valence-electron chi connectivity index (χ2n) is 6.16. The van der Waals surface area contributed by atoms with Gasteiger partial charge in [-0.05, 0) is 64.0 Å². The number of hydrogen-bond acceptors (Lipinski definition) is 5. The van der Waals surface area contributed by atoms with Gasteiger partial charge in [0.25, 0.3) is 5.91 Å². The standard InChI is InChI=1S/C21H20BrN3O3/c1-27-20-7-2-15(13-19(20)22)12-16(14-23)21(26)24-17-3-5-18(6-4-17)25-8-10-28-11-9-25/h2-7,12-13H,8-11H2,1H3,(H,24,26)/b16-12+. The number of ether oxygens (including phenoxy) is 2. The van der Waals surface area contributed by atoms with Crippen molar-refractivity contribution in [1.82, 2.24) is 0 Å². The summed E-state index contributed by atoms with van der Waals surface area (Å²) in [5, 5.41) is 12.2. The molecule has 0 aliphatic carbocycles. The molecule has 0 spiro atoms. The molecular weight excluding hydrogens is 422 g/mol. The summed E-state index contributed by atoms with van der Waals surface area (Å²) in [5.74, 6) is 0.231. The second kappa shape index (κ2) is 9.40. The van der Waals surface area contributed by atoms with E-state index in [0.717, 1.165) is 42.0 Å². The number of carbonyl (C=O) groups is 1. The maximum atomic E-state index is 12.5. The Morgan fingerprint density at radius 3 is 2.57 bits per heavy atom. The third-order valence-corrected chi connectivity index (χ3v) is 4.97. The minimum Gasteiger partial charge on any atom is -0.496 e. The SMILES string of the molecule is COc1ccc(/C=C(\C#N)C(=O)Nc2ccc(N3CCOCC3)cc2)cc1Br. The summed E-state index contributed by atoms with van der Waals surface area (Å²) in [7, 11) is 1.58. The zero-order chi connectivity index (χ0) is 19.9. The van der Waals surface area contributed by atoms with Gasteiger partial charge in [0.1, 0.15) is 17.4 Å². The number of nitrogens with zero attached hydrogens (tertiary/aromatic N) is 2. The topological polar surface area (TPSA) is 74.6 Å². The lowest BCUT2D eigenvalue weighted by molar-refractivity contribution is -0.112. The van der Waals surface area contributed by atoms with Crippen molar-refractivity contribution in [1.29, 1.82) is 5.26 Å². The fourth-order valence-corrected chi connectivity index (χ4v) is 3.42. The fourth-order valence-electron chi connectivity index (χ4n) is 2.86. The zero-order valence-corrected chi connectivity index (χ0v) is 17.0. The predicted octanol–water partition coefficient (Wildman–Crippen LogP) is 3.84. The van der Waals surface area contributed by atoms with E-state index in [2.05, 4.69) is 26.1 Å². The zero-order valence-electron chi connectivity index (χ0n) is 15.4. The molecule has 6 nitrogen and oxygen atoms in total. The minimum absolute atomic E-state index is 0.0225. The normalized spacial score (nSPS) is 14.3. The lowest BCUT2D eigenvalue weighted by atomic mass is 10.1. The summed E-state index contributed by atoms with van der Waals surface area (Å²) in [4.78, 5) is 14.7. The maximum absolute atomic E-state index is 12.5. The van der Waals surface area contributed by atoms with Crippen LogP contribution < -0.4 is 15.0 Å². The van der Waals surface area contributed by atoms with Crippen LogP contribution in [0.15, 0.2) is 52.5 Å². The van der Waals surface area contributed by atoms with Crippen LogP contribution in [0.4, 0.5) is 11.4 Å². The molecule has 0 radical (unpaired) electrons.